The molecular formula is C21H36N6. The second-order valence-electron chi connectivity index (χ2n) is 8.51. The number of hydrogen-bond donors (Lipinski definition) is 2. The Hall–Kier alpha value is -1.40. The molecule has 2 atom stereocenters. The molecule has 3 fully saturated rings. The first-order valence-electron chi connectivity index (χ1n) is 11.2. The molecule has 27 heavy (non-hydrogen) atoms. The van der Waals surface area contributed by atoms with Crippen LogP contribution in [0.5, 0.6) is 0 Å². The average molecular weight is 373 g/mol. The summed E-state index contributed by atoms with van der Waals surface area (Å²) in [5, 5.41) is 3.64. The van der Waals surface area contributed by atoms with Gasteiger partial charge in [-0.3, -0.25) is 4.90 Å². The minimum absolute atomic E-state index is 0.358. The highest BCUT2D eigenvalue weighted by molar-refractivity contribution is 5.43. The molecule has 1 aliphatic carbocycles. The predicted molar refractivity (Wildman–Crippen MR) is 111 cm³/mol. The van der Waals surface area contributed by atoms with Gasteiger partial charge in [0.05, 0.1) is 0 Å². The van der Waals surface area contributed by atoms with Crippen molar-refractivity contribution in [1.29, 1.82) is 0 Å². The largest absolute Gasteiger partial charge is 0.356 e. The van der Waals surface area contributed by atoms with E-state index >= 15 is 0 Å². The van der Waals surface area contributed by atoms with E-state index in [4.69, 9.17) is 10.7 Å². The summed E-state index contributed by atoms with van der Waals surface area (Å²) >= 11 is 0. The molecule has 3 heterocycles. The van der Waals surface area contributed by atoms with Crippen molar-refractivity contribution in [3.8, 4) is 0 Å². The highest BCUT2D eigenvalue weighted by Crippen LogP contribution is 2.30. The third kappa shape index (κ3) is 4.54. The van der Waals surface area contributed by atoms with Crippen LogP contribution in [-0.2, 0) is 0 Å². The Morgan fingerprint density at radius 1 is 0.963 bits per heavy atom. The molecule has 3 N–H and O–H groups in total. The van der Waals surface area contributed by atoms with Crippen molar-refractivity contribution in [1.82, 2.24) is 14.9 Å². The Kier molecular flexibility index (Phi) is 6.45. The van der Waals surface area contributed by atoms with Crippen LogP contribution in [0.1, 0.15) is 64.2 Å². The van der Waals surface area contributed by atoms with E-state index in [1.54, 1.807) is 0 Å². The monoisotopic (exact) mass is 372 g/mol. The molecular weight excluding hydrogens is 336 g/mol. The Morgan fingerprint density at radius 3 is 2.44 bits per heavy atom. The first kappa shape index (κ1) is 18.9. The molecule has 1 saturated carbocycles. The lowest BCUT2D eigenvalue weighted by Crippen LogP contribution is -2.49. The number of nitrogens with two attached hydrogens (primary N) is 1. The lowest BCUT2D eigenvalue weighted by atomic mass is 9.93. The van der Waals surface area contributed by atoms with E-state index in [0.717, 1.165) is 43.9 Å². The molecule has 0 spiro atoms. The fourth-order valence-electron chi connectivity index (χ4n) is 5.27. The number of aromatic nitrogens is 2. The summed E-state index contributed by atoms with van der Waals surface area (Å²) in [7, 11) is 0. The number of anilines is 2. The van der Waals surface area contributed by atoms with E-state index in [2.05, 4.69) is 26.2 Å². The van der Waals surface area contributed by atoms with Gasteiger partial charge >= 0.3 is 0 Å². The summed E-state index contributed by atoms with van der Waals surface area (Å²) in [6, 6.07) is 3.54. The van der Waals surface area contributed by atoms with Gasteiger partial charge in [-0.25, -0.2) is 4.98 Å². The van der Waals surface area contributed by atoms with Gasteiger partial charge in [-0.2, -0.15) is 4.98 Å². The van der Waals surface area contributed by atoms with Gasteiger partial charge in [-0.1, -0.05) is 32.1 Å². The molecule has 1 aromatic heterocycles. The Bertz CT molecular complexity index is 580. The lowest BCUT2D eigenvalue weighted by molar-refractivity contribution is 0.142. The Morgan fingerprint density at radius 2 is 1.70 bits per heavy atom. The maximum Gasteiger partial charge on any atom is 0.224 e. The molecule has 0 radical (unpaired) electrons. The zero-order chi connectivity index (χ0) is 18.5. The molecule has 6 heteroatoms. The highest BCUT2D eigenvalue weighted by atomic mass is 15.3. The van der Waals surface area contributed by atoms with Gasteiger partial charge in [-0.15, -0.1) is 0 Å². The standard InChI is InChI=1S/C21H36N6/c22-16-19-18(11-15-27(19)17-8-4-3-5-9-17)24-21-23-12-10-20(25-21)26-13-6-1-2-7-14-26/h10,12,17-19H,1-9,11,13-16,22H2,(H,23,24,25). The number of hydrogen-bond acceptors (Lipinski definition) is 6. The molecule has 0 aromatic carbocycles. The molecule has 2 aliphatic heterocycles. The van der Waals surface area contributed by atoms with Crippen LogP contribution in [0.2, 0.25) is 0 Å². The van der Waals surface area contributed by atoms with Crippen molar-refractivity contribution in [2.24, 2.45) is 5.73 Å². The molecule has 150 valence electrons. The van der Waals surface area contributed by atoms with Gasteiger partial charge in [-0.05, 0) is 38.2 Å². The van der Waals surface area contributed by atoms with Gasteiger partial charge < -0.3 is 16.0 Å². The van der Waals surface area contributed by atoms with Gasteiger partial charge in [0.25, 0.3) is 0 Å². The third-order valence-electron chi connectivity index (χ3n) is 6.76. The van der Waals surface area contributed by atoms with Crippen LogP contribution in [0.3, 0.4) is 0 Å². The fourth-order valence-corrected chi connectivity index (χ4v) is 5.27. The van der Waals surface area contributed by atoms with Gasteiger partial charge in [0.15, 0.2) is 0 Å². The van der Waals surface area contributed by atoms with Gasteiger partial charge in [0, 0.05) is 50.5 Å². The van der Waals surface area contributed by atoms with Crippen LogP contribution < -0.4 is 16.0 Å². The molecule has 1 aromatic rings. The average Bonchev–Trinajstić information content (AvgIpc) is 2.92. The van der Waals surface area contributed by atoms with E-state index < -0.39 is 0 Å². The molecule has 0 bridgehead atoms. The second-order valence-corrected chi connectivity index (χ2v) is 8.51. The zero-order valence-electron chi connectivity index (χ0n) is 16.7. The number of likely N-dealkylation sites (tertiary alicyclic amines) is 1. The maximum absolute atomic E-state index is 6.21. The SMILES string of the molecule is NCC1C(Nc2nccc(N3CCCCCC3)n2)CCN1C1CCCCC1. The number of rotatable bonds is 5. The van der Waals surface area contributed by atoms with Crippen LogP contribution >= 0.6 is 0 Å². The lowest BCUT2D eigenvalue weighted by Gasteiger charge is -2.36. The molecule has 6 nitrogen and oxygen atoms in total. The second kappa shape index (κ2) is 9.20. The quantitative estimate of drug-likeness (QED) is 0.828. The normalized spacial score (nSPS) is 28.3. The summed E-state index contributed by atoms with van der Waals surface area (Å²) in [4.78, 5) is 14.5. The molecule has 4 rings (SSSR count). The summed E-state index contributed by atoms with van der Waals surface area (Å²) in [5.74, 6) is 1.84. The van der Waals surface area contributed by atoms with Crippen LogP contribution in [0, 0.1) is 0 Å². The van der Waals surface area contributed by atoms with Crippen LogP contribution in [0.4, 0.5) is 11.8 Å². The minimum Gasteiger partial charge on any atom is -0.356 e. The van der Waals surface area contributed by atoms with Crippen LogP contribution in [0.15, 0.2) is 12.3 Å². The van der Waals surface area contributed by atoms with Crippen molar-refractivity contribution in [3.05, 3.63) is 12.3 Å². The molecule has 2 unspecified atom stereocenters. The maximum atomic E-state index is 6.21. The summed E-state index contributed by atoms with van der Waals surface area (Å²) in [6.45, 7) is 4.08. The first-order chi connectivity index (χ1) is 13.3. The minimum atomic E-state index is 0.358. The Balaban J connectivity index is 1.41. The van der Waals surface area contributed by atoms with E-state index in [0.29, 0.717) is 18.6 Å². The van der Waals surface area contributed by atoms with Crippen LogP contribution in [0.25, 0.3) is 0 Å². The van der Waals surface area contributed by atoms with Crippen LogP contribution in [-0.4, -0.2) is 59.2 Å². The van der Waals surface area contributed by atoms with Crippen molar-refractivity contribution < 1.29 is 0 Å². The molecule has 2 saturated heterocycles. The van der Waals surface area contributed by atoms with E-state index in [9.17, 15) is 0 Å². The summed E-state index contributed by atoms with van der Waals surface area (Å²) < 4.78 is 0. The van der Waals surface area contributed by atoms with Crippen molar-refractivity contribution in [3.63, 3.8) is 0 Å². The van der Waals surface area contributed by atoms with Crippen molar-refractivity contribution >= 4 is 11.8 Å². The van der Waals surface area contributed by atoms with Crippen molar-refractivity contribution in [2.45, 2.75) is 82.3 Å². The fraction of sp³-hybridized carbons (Fsp3) is 0.810. The number of nitrogens with zero attached hydrogens (tertiary/aromatic N) is 4. The smallest absolute Gasteiger partial charge is 0.224 e. The third-order valence-corrected chi connectivity index (χ3v) is 6.76. The first-order valence-corrected chi connectivity index (χ1v) is 11.2. The Labute approximate surface area is 163 Å². The van der Waals surface area contributed by atoms with E-state index in [1.165, 1.54) is 57.8 Å². The zero-order valence-corrected chi connectivity index (χ0v) is 16.7. The topological polar surface area (TPSA) is 70.3 Å². The van der Waals surface area contributed by atoms with Gasteiger partial charge in [0.2, 0.25) is 5.95 Å². The predicted octanol–water partition coefficient (Wildman–Crippen LogP) is 3.00. The van der Waals surface area contributed by atoms with E-state index in [1.807, 2.05) is 6.20 Å². The number of nitrogens with one attached hydrogen (secondary N) is 1. The molecule has 0 amide bonds. The van der Waals surface area contributed by atoms with E-state index in [-0.39, 0.29) is 0 Å². The van der Waals surface area contributed by atoms with Gasteiger partial charge in [0.1, 0.15) is 5.82 Å². The molecule has 3 aliphatic rings. The highest BCUT2D eigenvalue weighted by Gasteiger charge is 2.37. The summed E-state index contributed by atoms with van der Waals surface area (Å²) in [6.07, 6.45) is 15.1. The van der Waals surface area contributed by atoms with Crippen molar-refractivity contribution in [2.75, 3.05) is 36.4 Å². The summed E-state index contributed by atoms with van der Waals surface area (Å²) in [5.41, 5.74) is 6.21.